The second-order valence-corrected chi connectivity index (χ2v) is 6.08. The van der Waals surface area contributed by atoms with Crippen LogP contribution in [0.25, 0.3) is 0 Å². The molecule has 3 heterocycles. The number of amides is 2. The first-order chi connectivity index (χ1) is 11.2. The first-order valence-electron chi connectivity index (χ1n) is 7.37. The summed E-state index contributed by atoms with van der Waals surface area (Å²) in [5.41, 5.74) is 0. The minimum atomic E-state index is -0.0996. The third-order valence-corrected chi connectivity index (χ3v) is 4.29. The van der Waals surface area contributed by atoms with E-state index in [4.69, 9.17) is 9.47 Å². The first-order valence-corrected chi connectivity index (χ1v) is 8.24. The Kier molecular flexibility index (Phi) is 4.92. The van der Waals surface area contributed by atoms with Gasteiger partial charge in [-0.15, -0.1) is 11.3 Å². The molecule has 1 aliphatic rings. The predicted octanol–water partition coefficient (Wildman–Crippen LogP) is 2.62. The number of hydrogen-bond acceptors (Lipinski definition) is 6. The number of carbonyl (C=O) groups is 1. The van der Waals surface area contributed by atoms with Crippen LogP contribution in [0.15, 0.2) is 29.9 Å². The Labute approximate surface area is 138 Å². The molecule has 23 heavy (non-hydrogen) atoms. The number of rotatable bonds is 4. The Morgan fingerprint density at radius 3 is 3.09 bits per heavy atom. The van der Waals surface area contributed by atoms with E-state index >= 15 is 0 Å². The topological polar surface area (TPSA) is 76.6 Å². The number of methoxy groups -OCH3 is 1. The highest BCUT2D eigenvalue weighted by atomic mass is 32.1. The monoisotopic (exact) mass is 334 g/mol. The molecule has 0 saturated carbocycles. The smallest absolute Gasteiger partial charge is 0.322 e. The van der Waals surface area contributed by atoms with Gasteiger partial charge in [-0.2, -0.15) is 4.98 Å². The van der Waals surface area contributed by atoms with Crippen molar-refractivity contribution in [2.45, 2.75) is 18.9 Å². The van der Waals surface area contributed by atoms with Gasteiger partial charge >= 0.3 is 6.03 Å². The summed E-state index contributed by atoms with van der Waals surface area (Å²) >= 11 is 1.50. The molecule has 1 fully saturated rings. The van der Waals surface area contributed by atoms with Crippen LogP contribution in [0.5, 0.6) is 11.8 Å². The molecule has 1 atom stereocenters. The first kappa shape index (κ1) is 15.5. The van der Waals surface area contributed by atoms with Crippen LogP contribution in [-0.4, -0.2) is 47.2 Å². The zero-order valence-electron chi connectivity index (χ0n) is 12.8. The highest BCUT2D eigenvalue weighted by molar-refractivity contribution is 7.14. The second-order valence-electron chi connectivity index (χ2n) is 5.14. The van der Waals surface area contributed by atoms with Crippen molar-refractivity contribution in [2.24, 2.45) is 0 Å². The Morgan fingerprint density at radius 2 is 2.30 bits per heavy atom. The number of likely N-dealkylation sites (tertiary alicyclic amines) is 1. The van der Waals surface area contributed by atoms with E-state index in [2.05, 4.69) is 15.3 Å². The zero-order chi connectivity index (χ0) is 16.1. The summed E-state index contributed by atoms with van der Waals surface area (Å²) < 4.78 is 10.9. The summed E-state index contributed by atoms with van der Waals surface area (Å²) in [6.07, 6.45) is 4.74. The molecule has 1 N–H and O–H groups in total. The number of hydrogen-bond donors (Lipinski definition) is 1. The summed E-state index contributed by atoms with van der Waals surface area (Å²) in [7, 11) is 1.53. The van der Waals surface area contributed by atoms with Crippen molar-refractivity contribution in [1.82, 2.24) is 14.9 Å². The number of carbonyl (C=O) groups excluding carboxylic acids is 1. The summed E-state index contributed by atoms with van der Waals surface area (Å²) in [5, 5.41) is 5.67. The van der Waals surface area contributed by atoms with Crippen LogP contribution in [0.3, 0.4) is 0 Å². The molecule has 2 aromatic rings. The quantitative estimate of drug-likeness (QED) is 0.930. The highest BCUT2D eigenvalue weighted by Gasteiger charge is 2.25. The van der Waals surface area contributed by atoms with E-state index in [1.54, 1.807) is 11.1 Å². The Morgan fingerprint density at radius 1 is 1.43 bits per heavy atom. The lowest BCUT2D eigenvalue weighted by Gasteiger charge is -2.32. The van der Waals surface area contributed by atoms with Crippen molar-refractivity contribution in [1.29, 1.82) is 0 Å². The molecule has 2 aromatic heterocycles. The van der Waals surface area contributed by atoms with E-state index in [1.165, 1.54) is 24.6 Å². The van der Waals surface area contributed by atoms with Crippen molar-refractivity contribution in [3.05, 3.63) is 29.9 Å². The molecule has 1 saturated heterocycles. The fraction of sp³-hybridized carbons (Fsp3) is 0.400. The van der Waals surface area contributed by atoms with Crippen LogP contribution in [-0.2, 0) is 0 Å². The molecule has 2 amide bonds. The average Bonchev–Trinajstić information content (AvgIpc) is 3.08. The van der Waals surface area contributed by atoms with Gasteiger partial charge in [0.1, 0.15) is 6.10 Å². The Hall–Kier alpha value is -2.35. The largest absolute Gasteiger partial charge is 0.480 e. The van der Waals surface area contributed by atoms with Gasteiger partial charge in [0, 0.05) is 6.54 Å². The second kappa shape index (κ2) is 7.28. The normalized spacial score (nSPS) is 17.6. The van der Waals surface area contributed by atoms with Crippen LogP contribution >= 0.6 is 11.3 Å². The van der Waals surface area contributed by atoms with Crippen LogP contribution < -0.4 is 14.8 Å². The highest BCUT2D eigenvalue weighted by Crippen LogP contribution is 2.20. The van der Waals surface area contributed by atoms with Crippen molar-refractivity contribution < 1.29 is 14.3 Å². The van der Waals surface area contributed by atoms with E-state index in [0.717, 1.165) is 24.4 Å². The van der Waals surface area contributed by atoms with Crippen LogP contribution in [0.4, 0.5) is 9.80 Å². The van der Waals surface area contributed by atoms with Crippen molar-refractivity contribution in [3.63, 3.8) is 0 Å². The van der Waals surface area contributed by atoms with Gasteiger partial charge < -0.3 is 14.4 Å². The molecule has 0 bridgehead atoms. The van der Waals surface area contributed by atoms with Gasteiger partial charge in [-0.3, -0.25) is 10.3 Å². The van der Waals surface area contributed by atoms with Crippen molar-refractivity contribution in [2.75, 3.05) is 25.5 Å². The van der Waals surface area contributed by atoms with E-state index in [0.29, 0.717) is 18.3 Å². The molecular formula is C15H18N4O3S. The minimum absolute atomic E-state index is 0.0979. The molecule has 1 aliphatic heterocycles. The molecule has 3 rings (SSSR count). The van der Waals surface area contributed by atoms with Gasteiger partial charge in [-0.05, 0) is 30.4 Å². The summed E-state index contributed by atoms with van der Waals surface area (Å²) in [4.78, 5) is 22.3. The number of aromatic nitrogens is 2. The fourth-order valence-electron chi connectivity index (χ4n) is 2.41. The summed E-state index contributed by atoms with van der Waals surface area (Å²) in [6.45, 7) is 1.25. The molecule has 7 nitrogen and oxygen atoms in total. The van der Waals surface area contributed by atoms with Gasteiger partial charge in [0.15, 0.2) is 0 Å². The van der Waals surface area contributed by atoms with E-state index in [-0.39, 0.29) is 12.1 Å². The number of nitrogens with zero attached hydrogens (tertiary/aromatic N) is 3. The Balaban J connectivity index is 1.58. The molecule has 8 heteroatoms. The number of ether oxygens (including phenoxy) is 2. The van der Waals surface area contributed by atoms with Gasteiger partial charge in [-0.1, -0.05) is 0 Å². The third-order valence-electron chi connectivity index (χ3n) is 3.50. The zero-order valence-corrected chi connectivity index (χ0v) is 13.6. The minimum Gasteiger partial charge on any atom is -0.480 e. The van der Waals surface area contributed by atoms with Gasteiger partial charge in [0.2, 0.25) is 11.8 Å². The van der Waals surface area contributed by atoms with Crippen LogP contribution in [0, 0.1) is 0 Å². The van der Waals surface area contributed by atoms with E-state index < -0.39 is 0 Å². The number of nitrogens with one attached hydrogen (secondary N) is 1. The molecule has 122 valence electrons. The predicted molar refractivity (Wildman–Crippen MR) is 87.1 cm³/mol. The third kappa shape index (κ3) is 4.10. The number of urea groups is 1. The maximum Gasteiger partial charge on any atom is 0.322 e. The molecule has 0 aliphatic carbocycles. The lowest BCUT2D eigenvalue weighted by Crippen LogP contribution is -2.46. The standard InChI is InChI=1S/C15H18N4O3S/c1-21-12-8-16-9-13(17-12)22-11-4-2-6-19(10-11)15(20)18-14-5-3-7-23-14/h3,5,7-9,11H,2,4,6,10H2,1H3,(H,18,20)/t11-/m1/s1. The van der Waals surface area contributed by atoms with E-state index in [9.17, 15) is 4.79 Å². The fourth-order valence-corrected chi connectivity index (χ4v) is 3.02. The maximum absolute atomic E-state index is 12.3. The molecule has 0 spiro atoms. The van der Waals surface area contributed by atoms with Crippen molar-refractivity contribution in [3.8, 4) is 11.8 Å². The molecular weight excluding hydrogens is 316 g/mol. The summed E-state index contributed by atoms with van der Waals surface area (Å²) in [5.74, 6) is 0.820. The molecule has 0 radical (unpaired) electrons. The van der Waals surface area contributed by atoms with Gasteiger partial charge in [0.05, 0.1) is 31.0 Å². The maximum atomic E-state index is 12.3. The lowest BCUT2D eigenvalue weighted by molar-refractivity contribution is 0.101. The van der Waals surface area contributed by atoms with Crippen LogP contribution in [0.2, 0.25) is 0 Å². The van der Waals surface area contributed by atoms with Gasteiger partial charge in [-0.25, -0.2) is 4.79 Å². The van der Waals surface area contributed by atoms with Crippen LogP contribution in [0.1, 0.15) is 12.8 Å². The summed E-state index contributed by atoms with van der Waals surface area (Å²) in [6, 6.07) is 3.69. The van der Waals surface area contributed by atoms with E-state index in [1.807, 2.05) is 17.5 Å². The number of thiophene rings is 1. The molecule has 0 aromatic carbocycles. The SMILES string of the molecule is COc1cncc(O[C@@H]2CCCN(C(=O)Nc3cccs3)C2)n1. The lowest BCUT2D eigenvalue weighted by atomic mass is 10.1. The average molecular weight is 334 g/mol. The molecule has 0 unspecified atom stereocenters. The van der Waals surface area contributed by atoms with Gasteiger partial charge in [0.25, 0.3) is 0 Å². The van der Waals surface area contributed by atoms with Crippen molar-refractivity contribution >= 4 is 22.4 Å². The Bertz CT molecular complexity index is 650. The number of anilines is 1. The number of piperidine rings is 1.